The van der Waals surface area contributed by atoms with Crippen molar-refractivity contribution in [3.63, 3.8) is 0 Å². The van der Waals surface area contributed by atoms with Crippen molar-refractivity contribution in [1.82, 2.24) is 14.2 Å². The van der Waals surface area contributed by atoms with Crippen LogP contribution in [0.1, 0.15) is 59.1 Å². The zero-order valence-corrected chi connectivity index (χ0v) is 32.8. The van der Waals surface area contributed by atoms with Crippen molar-refractivity contribution in [2.45, 2.75) is 110 Å². The summed E-state index contributed by atoms with van der Waals surface area (Å²) in [5, 5.41) is 0. The Bertz CT molecular complexity index is 1550. The van der Waals surface area contributed by atoms with E-state index in [0.29, 0.717) is 37.6 Å². The predicted octanol–water partition coefficient (Wildman–Crippen LogP) is 6.40. The van der Waals surface area contributed by atoms with E-state index in [-0.39, 0.29) is 19.2 Å². The Morgan fingerprint density at radius 3 is 2.31 bits per heavy atom. The minimum Gasteiger partial charge on any atom is -0.466 e. The van der Waals surface area contributed by atoms with Gasteiger partial charge in [-0.3, -0.25) is 0 Å². The normalized spacial score (nSPS) is 17.3. The van der Waals surface area contributed by atoms with Gasteiger partial charge < -0.3 is 28.6 Å². The maximum absolute atomic E-state index is 13.4. The van der Waals surface area contributed by atoms with E-state index in [4.69, 9.17) is 23.7 Å². The van der Waals surface area contributed by atoms with E-state index in [1.165, 1.54) is 10.6 Å². The molecule has 1 saturated heterocycles. The van der Waals surface area contributed by atoms with Crippen molar-refractivity contribution in [1.29, 1.82) is 0 Å². The molecule has 3 rings (SSSR count). The molecular formula is C35H55N3O9SSi. The van der Waals surface area contributed by atoms with Crippen molar-refractivity contribution in [2.75, 3.05) is 32.7 Å². The molecular weight excluding hydrogens is 667 g/mol. The van der Waals surface area contributed by atoms with Crippen molar-refractivity contribution < 1.29 is 41.7 Å². The summed E-state index contributed by atoms with van der Waals surface area (Å²) in [6, 6.07) is 10.7. The molecule has 1 aliphatic rings. The maximum atomic E-state index is 13.4. The minimum atomic E-state index is -3.68. The van der Waals surface area contributed by atoms with E-state index < -0.39 is 53.4 Å². The van der Waals surface area contributed by atoms with Crippen LogP contribution in [-0.2, 0) is 35.4 Å². The van der Waals surface area contributed by atoms with Crippen LogP contribution >= 0.6 is 0 Å². The third-order valence-corrected chi connectivity index (χ3v) is 10.4. The number of amides is 1. The molecule has 1 aromatic heterocycles. The zero-order valence-electron chi connectivity index (χ0n) is 31.0. The largest absolute Gasteiger partial charge is 0.466 e. The van der Waals surface area contributed by atoms with Gasteiger partial charge in [0.15, 0.2) is 6.61 Å². The Balaban J connectivity index is 1.85. The second-order valence-corrected chi connectivity index (χ2v) is 23.3. The zero-order chi connectivity index (χ0) is 36.8. The van der Waals surface area contributed by atoms with Gasteiger partial charge in [0.05, 0.1) is 12.3 Å². The molecule has 2 atom stereocenters. The van der Waals surface area contributed by atoms with Crippen LogP contribution in [-0.4, -0.2) is 98.8 Å². The standard InChI is InChI=1S/C35H55N3O9SSi/c1-25-15-16-30(44-23-31(39)46-34(2,3)4)36-32(25)45-27-14-12-13-26(21-27)22-29-28(17-18-37(29)33(40)47-35(5,6)7)38(48(8,41)42)24-43-19-20-49(9,10)11/h12-16,21,28-29H,17-20,22-24H2,1-11H3/t28-,29-/m0/s1. The molecule has 0 radical (unpaired) electrons. The van der Waals surface area contributed by atoms with E-state index in [9.17, 15) is 18.0 Å². The molecule has 274 valence electrons. The number of sulfonamides is 1. The van der Waals surface area contributed by atoms with Crippen molar-refractivity contribution in [3.05, 3.63) is 47.5 Å². The average Bonchev–Trinajstić information content (AvgIpc) is 3.33. The number of carbonyl (C=O) groups is 2. The van der Waals surface area contributed by atoms with Gasteiger partial charge in [0, 0.05) is 38.9 Å². The van der Waals surface area contributed by atoms with Crippen LogP contribution in [0.4, 0.5) is 4.79 Å². The van der Waals surface area contributed by atoms with E-state index in [0.717, 1.165) is 17.2 Å². The number of aryl methyl sites for hydroxylation is 1. The summed E-state index contributed by atoms with van der Waals surface area (Å²) in [5.41, 5.74) is 0.221. The quantitative estimate of drug-likeness (QED) is 0.0934. The highest BCUT2D eigenvalue weighted by atomic mass is 32.2. The van der Waals surface area contributed by atoms with Crippen molar-refractivity contribution >= 4 is 30.2 Å². The summed E-state index contributed by atoms with van der Waals surface area (Å²) < 4.78 is 56.3. The summed E-state index contributed by atoms with van der Waals surface area (Å²) in [7, 11) is -5.07. The maximum Gasteiger partial charge on any atom is 0.410 e. The van der Waals surface area contributed by atoms with Gasteiger partial charge in [0.2, 0.25) is 21.8 Å². The number of nitrogens with zero attached hydrogens (tertiary/aromatic N) is 3. The molecule has 0 bridgehead atoms. The number of hydrogen-bond acceptors (Lipinski definition) is 10. The lowest BCUT2D eigenvalue weighted by Gasteiger charge is -2.35. The van der Waals surface area contributed by atoms with Crippen LogP contribution in [0.2, 0.25) is 25.7 Å². The second kappa shape index (κ2) is 16.2. The van der Waals surface area contributed by atoms with Gasteiger partial charge in [0.1, 0.15) is 23.7 Å². The van der Waals surface area contributed by atoms with E-state index in [1.54, 1.807) is 64.6 Å². The summed E-state index contributed by atoms with van der Waals surface area (Å²) in [6.07, 6.45) is 1.46. The highest BCUT2D eigenvalue weighted by Crippen LogP contribution is 2.32. The molecule has 1 aliphatic heterocycles. The fraction of sp³-hybridized carbons (Fsp3) is 0.629. The Morgan fingerprint density at radius 2 is 1.69 bits per heavy atom. The molecule has 0 N–H and O–H groups in total. The predicted molar refractivity (Wildman–Crippen MR) is 191 cm³/mol. The number of hydrogen-bond donors (Lipinski definition) is 0. The first-order valence-electron chi connectivity index (χ1n) is 16.6. The molecule has 12 nitrogen and oxygen atoms in total. The Labute approximate surface area is 293 Å². The van der Waals surface area contributed by atoms with Gasteiger partial charge in [0.25, 0.3) is 0 Å². The third kappa shape index (κ3) is 13.6. The van der Waals surface area contributed by atoms with Crippen LogP contribution in [0.25, 0.3) is 0 Å². The lowest BCUT2D eigenvalue weighted by atomic mass is 10.00. The van der Waals surface area contributed by atoms with Crippen LogP contribution in [0, 0.1) is 6.92 Å². The molecule has 1 aromatic carbocycles. The Kier molecular flexibility index (Phi) is 13.3. The first-order valence-corrected chi connectivity index (χ1v) is 22.2. The van der Waals surface area contributed by atoms with Crippen LogP contribution in [0.5, 0.6) is 17.5 Å². The first kappa shape index (κ1) is 40.2. The third-order valence-electron chi connectivity index (χ3n) is 7.49. The molecule has 14 heteroatoms. The number of benzene rings is 1. The van der Waals surface area contributed by atoms with Gasteiger partial charge in [-0.2, -0.15) is 9.29 Å². The van der Waals surface area contributed by atoms with E-state index in [2.05, 4.69) is 24.6 Å². The second-order valence-electron chi connectivity index (χ2n) is 15.7. The van der Waals surface area contributed by atoms with Gasteiger partial charge in [-0.1, -0.05) is 31.8 Å². The number of esters is 1. The molecule has 0 unspecified atom stereocenters. The van der Waals surface area contributed by atoms with E-state index in [1.807, 2.05) is 25.1 Å². The molecule has 1 fully saturated rings. The molecule has 49 heavy (non-hydrogen) atoms. The number of pyridine rings is 1. The average molecular weight is 722 g/mol. The fourth-order valence-electron chi connectivity index (χ4n) is 5.21. The molecule has 2 heterocycles. The molecule has 0 spiro atoms. The van der Waals surface area contributed by atoms with Gasteiger partial charge in [-0.25, -0.2) is 18.0 Å². The fourth-order valence-corrected chi connectivity index (χ4v) is 6.97. The number of carbonyl (C=O) groups excluding carboxylic acids is 2. The molecule has 0 saturated carbocycles. The monoisotopic (exact) mass is 721 g/mol. The Morgan fingerprint density at radius 1 is 1.02 bits per heavy atom. The molecule has 2 aromatic rings. The molecule has 0 aliphatic carbocycles. The van der Waals surface area contributed by atoms with Gasteiger partial charge >= 0.3 is 12.1 Å². The lowest BCUT2D eigenvalue weighted by molar-refractivity contribution is -0.157. The highest BCUT2D eigenvalue weighted by Gasteiger charge is 2.44. The summed E-state index contributed by atoms with van der Waals surface area (Å²) in [4.78, 5) is 31.6. The lowest BCUT2D eigenvalue weighted by Crippen LogP contribution is -2.51. The SMILES string of the molecule is Cc1ccc(OCC(=O)OC(C)(C)C)nc1Oc1cccc(C[C@H]2[C@@H](N(COCC[Si](C)(C)C)S(C)(=O)=O)CCN2C(=O)OC(C)(C)C)c1. The Hall–Kier alpha value is -3.20. The smallest absolute Gasteiger partial charge is 0.410 e. The summed E-state index contributed by atoms with van der Waals surface area (Å²) in [6.45, 7) is 19.7. The first-order chi connectivity index (χ1) is 22.5. The number of aromatic nitrogens is 1. The molecule has 1 amide bonds. The highest BCUT2D eigenvalue weighted by molar-refractivity contribution is 7.88. The number of rotatable bonds is 14. The van der Waals surface area contributed by atoms with Gasteiger partial charge in [-0.15, -0.1) is 0 Å². The van der Waals surface area contributed by atoms with Crippen LogP contribution in [0.3, 0.4) is 0 Å². The minimum absolute atomic E-state index is 0.0902. The van der Waals surface area contributed by atoms with E-state index >= 15 is 0 Å². The summed E-state index contributed by atoms with van der Waals surface area (Å²) >= 11 is 0. The van der Waals surface area contributed by atoms with Crippen molar-refractivity contribution in [3.8, 4) is 17.5 Å². The number of ether oxygens (including phenoxy) is 5. The topological polar surface area (TPSA) is 134 Å². The van der Waals surface area contributed by atoms with Gasteiger partial charge in [-0.05, 0) is 91.1 Å². The van der Waals surface area contributed by atoms with Crippen molar-refractivity contribution in [2.24, 2.45) is 0 Å². The summed E-state index contributed by atoms with van der Waals surface area (Å²) in [5.74, 6) is 0.484. The van der Waals surface area contributed by atoms with Crippen LogP contribution in [0.15, 0.2) is 36.4 Å². The number of likely N-dealkylation sites (tertiary alicyclic amines) is 1. The van der Waals surface area contributed by atoms with Crippen LogP contribution < -0.4 is 9.47 Å².